The normalized spacial score (nSPS) is 11.4. The first kappa shape index (κ1) is 17.2. The number of para-hydroxylation sites is 1. The van der Waals surface area contributed by atoms with Gasteiger partial charge in [-0.3, -0.25) is 0 Å². The van der Waals surface area contributed by atoms with Crippen LogP contribution in [0, 0.1) is 13.8 Å². The first-order valence-corrected chi connectivity index (χ1v) is 10.0. The molecule has 1 N–H and O–H groups in total. The van der Waals surface area contributed by atoms with Gasteiger partial charge in [-0.05, 0) is 55.8 Å². The number of fused-ring (bicyclic) bond motifs is 2. The van der Waals surface area contributed by atoms with Crippen molar-refractivity contribution in [3.8, 4) is 5.69 Å². The Morgan fingerprint density at radius 3 is 2.64 bits per heavy atom. The van der Waals surface area contributed by atoms with Gasteiger partial charge in [0.2, 0.25) is 0 Å². The number of anilines is 2. The summed E-state index contributed by atoms with van der Waals surface area (Å²) in [6, 6.07) is 17.8. The van der Waals surface area contributed by atoms with Gasteiger partial charge in [-0.25, -0.2) is 14.6 Å². The third-order valence-electron chi connectivity index (χ3n) is 4.60. The average molecular weight is 406 g/mol. The van der Waals surface area contributed by atoms with E-state index in [4.69, 9.17) is 21.7 Å². The number of thiazole rings is 1. The predicted octanol–water partition coefficient (Wildman–Crippen LogP) is 6.04. The van der Waals surface area contributed by atoms with Crippen LogP contribution in [0.1, 0.15) is 11.3 Å². The predicted molar refractivity (Wildman–Crippen MR) is 116 cm³/mol. The molecule has 0 unspecified atom stereocenters. The van der Waals surface area contributed by atoms with Crippen LogP contribution in [0.4, 0.5) is 10.9 Å². The van der Waals surface area contributed by atoms with Crippen molar-refractivity contribution in [1.29, 1.82) is 0 Å². The van der Waals surface area contributed by atoms with Gasteiger partial charge in [-0.2, -0.15) is 5.10 Å². The van der Waals surface area contributed by atoms with Gasteiger partial charge in [0, 0.05) is 10.4 Å². The van der Waals surface area contributed by atoms with E-state index in [0.29, 0.717) is 5.02 Å². The molecule has 7 heteroatoms. The Labute approximate surface area is 170 Å². The minimum absolute atomic E-state index is 0.709. The van der Waals surface area contributed by atoms with E-state index in [1.807, 2.05) is 66.2 Å². The molecule has 5 aromatic rings. The summed E-state index contributed by atoms with van der Waals surface area (Å²) in [6.45, 7) is 4.10. The molecule has 0 fully saturated rings. The lowest BCUT2D eigenvalue weighted by Gasteiger charge is -2.07. The van der Waals surface area contributed by atoms with Gasteiger partial charge >= 0.3 is 0 Å². The maximum Gasteiger partial charge on any atom is 0.189 e. The molecule has 0 aliphatic carbocycles. The highest BCUT2D eigenvalue weighted by Gasteiger charge is 2.15. The summed E-state index contributed by atoms with van der Waals surface area (Å²) in [4.78, 5) is 9.48. The Hall–Kier alpha value is -2.96. The molecular weight excluding hydrogens is 390 g/mol. The number of nitrogens with one attached hydrogen (secondary N) is 1. The number of hydrogen-bond donors (Lipinski definition) is 1. The van der Waals surface area contributed by atoms with Crippen molar-refractivity contribution in [2.24, 2.45) is 0 Å². The largest absolute Gasteiger partial charge is 0.316 e. The molecule has 0 amide bonds. The van der Waals surface area contributed by atoms with Gasteiger partial charge in [-0.15, -0.1) is 0 Å². The van der Waals surface area contributed by atoms with Crippen molar-refractivity contribution in [1.82, 2.24) is 19.7 Å². The van der Waals surface area contributed by atoms with E-state index in [1.54, 1.807) is 11.3 Å². The van der Waals surface area contributed by atoms with E-state index in [-0.39, 0.29) is 0 Å². The van der Waals surface area contributed by atoms with Gasteiger partial charge in [0.1, 0.15) is 5.82 Å². The van der Waals surface area contributed by atoms with Crippen LogP contribution >= 0.6 is 22.9 Å². The highest BCUT2D eigenvalue weighted by molar-refractivity contribution is 7.22. The first-order chi connectivity index (χ1) is 13.6. The van der Waals surface area contributed by atoms with E-state index >= 15 is 0 Å². The summed E-state index contributed by atoms with van der Waals surface area (Å²) in [7, 11) is 0. The monoisotopic (exact) mass is 405 g/mol. The molecule has 5 rings (SSSR count). The van der Waals surface area contributed by atoms with Crippen LogP contribution in [-0.4, -0.2) is 19.7 Å². The minimum Gasteiger partial charge on any atom is -0.316 e. The van der Waals surface area contributed by atoms with Crippen molar-refractivity contribution in [2.45, 2.75) is 13.8 Å². The molecule has 0 spiro atoms. The topological polar surface area (TPSA) is 55.6 Å². The molecule has 0 saturated heterocycles. The quantitative estimate of drug-likeness (QED) is 0.397. The Morgan fingerprint density at radius 1 is 1.00 bits per heavy atom. The second-order valence-electron chi connectivity index (χ2n) is 6.61. The molecule has 5 nitrogen and oxygen atoms in total. The van der Waals surface area contributed by atoms with Gasteiger partial charge < -0.3 is 5.32 Å². The number of aryl methyl sites for hydroxylation is 2. The van der Waals surface area contributed by atoms with E-state index in [0.717, 1.165) is 49.1 Å². The number of pyridine rings is 1. The standard InChI is InChI=1S/C21H16ClN5S/c1-12-10-18(25-21-23-16-9-8-14(22)11-17(16)28-21)24-20-19(12)13(2)26-27(20)15-6-4-3-5-7-15/h3-11H,1-2H3,(H,23,24,25). The zero-order chi connectivity index (χ0) is 19.3. The van der Waals surface area contributed by atoms with E-state index in [9.17, 15) is 0 Å². The van der Waals surface area contributed by atoms with Crippen molar-refractivity contribution in [2.75, 3.05) is 5.32 Å². The second-order valence-corrected chi connectivity index (χ2v) is 8.08. The number of halogens is 1. The summed E-state index contributed by atoms with van der Waals surface area (Å²) in [6.07, 6.45) is 0. The lowest BCUT2D eigenvalue weighted by Crippen LogP contribution is -2.00. The highest BCUT2D eigenvalue weighted by atomic mass is 35.5. The van der Waals surface area contributed by atoms with Crippen LogP contribution in [0.3, 0.4) is 0 Å². The van der Waals surface area contributed by atoms with E-state index < -0.39 is 0 Å². The first-order valence-electron chi connectivity index (χ1n) is 8.84. The van der Waals surface area contributed by atoms with Gasteiger partial charge in [-0.1, -0.05) is 41.1 Å². The summed E-state index contributed by atoms with van der Waals surface area (Å²) in [5.74, 6) is 0.743. The van der Waals surface area contributed by atoms with Crippen molar-refractivity contribution in [3.63, 3.8) is 0 Å². The summed E-state index contributed by atoms with van der Waals surface area (Å²) in [5, 5.41) is 10.6. The number of hydrogen-bond acceptors (Lipinski definition) is 5. The lowest BCUT2D eigenvalue weighted by molar-refractivity contribution is 0.878. The average Bonchev–Trinajstić information content (AvgIpc) is 3.22. The lowest BCUT2D eigenvalue weighted by atomic mass is 10.1. The molecule has 0 saturated carbocycles. The molecule has 28 heavy (non-hydrogen) atoms. The summed E-state index contributed by atoms with van der Waals surface area (Å²) >= 11 is 7.64. The van der Waals surface area contributed by atoms with Crippen LogP contribution in [0.15, 0.2) is 54.6 Å². The molecule has 3 aromatic heterocycles. The van der Waals surface area contributed by atoms with E-state index in [2.05, 4.69) is 17.2 Å². The fourth-order valence-corrected chi connectivity index (χ4v) is 4.53. The maximum atomic E-state index is 6.09. The van der Waals surface area contributed by atoms with Crippen LogP contribution in [0.25, 0.3) is 26.9 Å². The van der Waals surface area contributed by atoms with Gasteiger partial charge in [0.25, 0.3) is 0 Å². The fraction of sp³-hybridized carbons (Fsp3) is 0.0952. The zero-order valence-corrected chi connectivity index (χ0v) is 16.8. The molecule has 3 heterocycles. The van der Waals surface area contributed by atoms with Crippen molar-refractivity contribution >= 4 is 55.1 Å². The Bertz CT molecular complexity index is 1320. The van der Waals surface area contributed by atoms with Gasteiger partial charge in [0.15, 0.2) is 10.8 Å². The van der Waals surface area contributed by atoms with Crippen molar-refractivity contribution in [3.05, 3.63) is 70.9 Å². The third kappa shape index (κ3) is 2.91. The van der Waals surface area contributed by atoms with Crippen LogP contribution in [0.5, 0.6) is 0 Å². The molecule has 0 bridgehead atoms. The molecule has 138 valence electrons. The molecule has 0 aliphatic heterocycles. The Morgan fingerprint density at radius 2 is 1.82 bits per heavy atom. The SMILES string of the molecule is Cc1cc(Nc2nc3ccc(Cl)cc3s2)nc2c1c(C)nn2-c1ccccc1. The Balaban J connectivity index is 1.61. The summed E-state index contributed by atoms with van der Waals surface area (Å²) in [5.41, 5.74) is 4.82. The minimum atomic E-state index is 0.709. The van der Waals surface area contributed by atoms with Crippen molar-refractivity contribution < 1.29 is 0 Å². The number of rotatable bonds is 3. The highest BCUT2D eigenvalue weighted by Crippen LogP contribution is 2.31. The second kappa shape index (κ2) is 6.58. The van der Waals surface area contributed by atoms with Crippen LogP contribution in [0.2, 0.25) is 5.02 Å². The summed E-state index contributed by atoms with van der Waals surface area (Å²) < 4.78 is 2.93. The zero-order valence-electron chi connectivity index (χ0n) is 15.3. The smallest absolute Gasteiger partial charge is 0.189 e. The molecule has 0 atom stereocenters. The molecule has 0 radical (unpaired) electrons. The van der Waals surface area contributed by atoms with E-state index in [1.165, 1.54) is 0 Å². The molecular formula is C21H16ClN5S. The van der Waals surface area contributed by atoms with Gasteiger partial charge in [0.05, 0.1) is 21.6 Å². The third-order valence-corrected chi connectivity index (χ3v) is 5.76. The fourth-order valence-electron chi connectivity index (χ4n) is 3.38. The molecule has 0 aliphatic rings. The number of aromatic nitrogens is 4. The number of nitrogens with zero attached hydrogens (tertiary/aromatic N) is 4. The number of benzene rings is 2. The van der Waals surface area contributed by atoms with Crippen LogP contribution < -0.4 is 5.32 Å². The Kier molecular flexibility index (Phi) is 4.03. The molecule has 2 aromatic carbocycles. The maximum absolute atomic E-state index is 6.09. The van der Waals surface area contributed by atoms with Crippen LogP contribution in [-0.2, 0) is 0 Å².